The second-order valence-corrected chi connectivity index (χ2v) is 2.33. The van der Waals surface area contributed by atoms with Crippen LogP contribution in [0.3, 0.4) is 0 Å². The van der Waals surface area contributed by atoms with Crippen molar-refractivity contribution in [2.45, 2.75) is 19.4 Å². The van der Waals surface area contributed by atoms with Gasteiger partial charge in [-0.2, -0.15) is 0 Å². The number of aliphatic imine (C=N–C) groups is 1. The van der Waals surface area contributed by atoms with Crippen LogP contribution in [0.5, 0.6) is 0 Å². The molecule has 2 unspecified atom stereocenters. The third kappa shape index (κ3) is 1.09. The lowest BCUT2D eigenvalue weighted by Gasteiger charge is -2.05. The lowest BCUT2D eigenvalue weighted by molar-refractivity contribution is -0.139. The maximum Gasteiger partial charge on any atom is 0.328 e. The second-order valence-electron chi connectivity index (χ2n) is 2.33. The van der Waals surface area contributed by atoms with Crippen molar-refractivity contribution in [3.05, 3.63) is 0 Å². The van der Waals surface area contributed by atoms with Crippen LogP contribution < -0.4 is 0 Å². The zero-order valence-corrected chi connectivity index (χ0v) is 5.24. The van der Waals surface area contributed by atoms with Crippen LogP contribution in [0.25, 0.3) is 0 Å². The van der Waals surface area contributed by atoms with E-state index in [0.717, 1.165) is 6.42 Å². The highest BCUT2D eigenvalue weighted by Gasteiger charge is 2.25. The third-order valence-electron chi connectivity index (χ3n) is 1.54. The predicted molar refractivity (Wildman–Crippen MR) is 33.7 cm³/mol. The van der Waals surface area contributed by atoms with Crippen LogP contribution in [0, 0.1) is 5.92 Å². The first-order chi connectivity index (χ1) is 4.22. The molecule has 0 saturated heterocycles. The van der Waals surface area contributed by atoms with Crippen LogP contribution in [-0.2, 0) is 4.79 Å². The molecule has 3 nitrogen and oxygen atoms in total. The number of hydrogen-bond acceptors (Lipinski definition) is 2. The van der Waals surface area contributed by atoms with Gasteiger partial charge in [-0.05, 0) is 12.3 Å². The topological polar surface area (TPSA) is 49.7 Å². The molecule has 0 aliphatic carbocycles. The van der Waals surface area contributed by atoms with Gasteiger partial charge >= 0.3 is 5.97 Å². The van der Waals surface area contributed by atoms with Gasteiger partial charge in [-0.15, -0.1) is 0 Å². The van der Waals surface area contributed by atoms with Crippen LogP contribution in [0.2, 0.25) is 0 Å². The van der Waals surface area contributed by atoms with E-state index in [9.17, 15) is 4.79 Å². The van der Waals surface area contributed by atoms with Gasteiger partial charge in [0, 0.05) is 6.21 Å². The van der Waals surface area contributed by atoms with Crippen LogP contribution in [0.15, 0.2) is 4.99 Å². The Morgan fingerprint density at radius 3 is 2.78 bits per heavy atom. The molecule has 3 heteroatoms. The third-order valence-corrected chi connectivity index (χ3v) is 1.54. The fourth-order valence-corrected chi connectivity index (χ4v) is 0.924. The average Bonchev–Trinajstić information content (AvgIpc) is 2.13. The predicted octanol–water partition coefficient (Wildman–Crippen LogP) is 0.550. The Kier molecular flexibility index (Phi) is 1.51. The standard InChI is InChI=1S/C6H9NO2/c1-4-2-3-7-5(4)6(8)9/h3-5H,2H2,1H3,(H,8,9). The van der Waals surface area contributed by atoms with Crippen LogP contribution in [-0.4, -0.2) is 23.3 Å². The van der Waals surface area contributed by atoms with E-state index in [2.05, 4.69) is 4.99 Å². The monoisotopic (exact) mass is 127 g/mol. The fourth-order valence-electron chi connectivity index (χ4n) is 0.924. The van der Waals surface area contributed by atoms with E-state index in [1.165, 1.54) is 0 Å². The lowest BCUT2D eigenvalue weighted by Crippen LogP contribution is -2.21. The molecule has 0 aromatic rings. The number of rotatable bonds is 1. The van der Waals surface area contributed by atoms with E-state index in [1.807, 2.05) is 6.92 Å². The summed E-state index contributed by atoms with van der Waals surface area (Å²) in [6, 6.07) is -0.481. The van der Waals surface area contributed by atoms with Crippen LogP contribution in [0.4, 0.5) is 0 Å². The first kappa shape index (κ1) is 6.26. The van der Waals surface area contributed by atoms with Crippen molar-refractivity contribution in [3.8, 4) is 0 Å². The summed E-state index contributed by atoms with van der Waals surface area (Å²) in [5.74, 6) is -0.626. The SMILES string of the molecule is CC1CC=NC1C(=O)O. The second kappa shape index (κ2) is 2.17. The van der Waals surface area contributed by atoms with E-state index in [1.54, 1.807) is 6.21 Å². The quantitative estimate of drug-likeness (QED) is 0.559. The van der Waals surface area contributed by atoms with Gasteiger partial charge < -0.3 is 5.11 Å². The van der Waals surface area contributed by atoms with E-state index in [4.69, 9.17) is 5.11 Å². The minimum Gasteiger partial charge on any atom is -0.480 e. The summed E-state index contributed by atoms with van der Waals surface area (Å²) in [7, 11) is 0. The van der Waals surface area contributed by atoms with Gasteiger partial charge in [0.25, 0.3) is 0 Å². The molecule has 9 heavy (non-hydrogen) atoms. The molecule has 2 atom stereocenters. The van der Waals surface area contributed by atoms with Crippen molar-refractivity contribution in [1.29, 1.82) is 0 Å². The van der Waals surface area contributed by atoms with E-state index >= 15 is 0 Å². The summed E-state index contributed by atoms with van der Waals surface area (Å²) >= 11 is 0. The largest absolute Gasteiger partial charge is 0.480 e. The molecule has 0 aromatic heterocycles. The van der Waals surface area contributed by atoms with Gasteiger partial charge in [-0.3, -0.25) is 4.99 Å². The number of hydrogen-bond donors (Lipinski definition) is 1. The molecule has 1 rings (SSSR count). The minimum absolute atomic E-state index is 0.183. The molecule has 0 aromatic carbocycles. The average molecular weight is 127 g/mol. The summed E-state index contributed by atoms with van der Waals surface area (Å²) < 4.78 is 0. The van der Waals surface area contributed by atoms with Gasteiger partial charge in [-0.1, -0.05) is 6.92 Å². The Hall–Kier alpha value is -0.860. The summed E-state index contributed by atoms with van der Waals surface area (Å²) in [6.07, 6.45) is 2.49. The van der Waals surface area contributed by atoms with E-state index < -0.39 is 12.0 Å². The molecule has 0 fully saturated rings. The Labute approximate surface area is 53.4 Å². The number of carbonyl (C=O) groups is 1. The summed E-state index contributed by atoms with van der Waals surface area (Å²) in [4.78, 5) is 14.1. The zero-order chi connectivity index (χ0) is 6.85. The first-order valence-corrected chi connectivity index (χ1v) is 2.96. The van der Waals surface area contributed by atoms with Gasteiger partial charge in [-0.25, -0.2) is 4.79 Å². The molecular formula is C6H9NO2. The number of nitrogens with zero attached hydrogens (tertiary/aromatic N) is 1. The Morgan fingerprint density at radius 1 is 1.89 bits per heavy atom. The first-order valence-electron chi connectivity index (χ1n) is 2.96. The van der Waals surface area contributed by atoms with Crippen molar-refractivity contribution in [1.82, 2.24) is 0 Å². The molecule has 0 bridgehead atoms. The molecule has 1 heterocycles. The highest BCUT2D eigenvalue weighted by atomic mass is 16.4. The van der Waals surface area contributed by atoms with Gasteiger partial charge in [0.05, 0.1) is 0 Å². The molecule has 0 spiro atoms. The molecule has 1 aliphatic rings. The zero-order valence-electron chi connectivity index (χ0n) is 5.24. The highest BCUT2D eigenvalue weighted by molar-refractivity contribution is 5.79. The van der Waals surface area contributed by atoms with Gasteiger partial charge in [0.15, 0.2) is 0 Å². The van der Waals surface area contributed by atoms with Gasteiger partial charge in [0.1, 0.15) is 6.04 Å². The molecule has 1 N–H and O–H groups in total. The van der Waals surface area contributed by atoms with Crippen molar-refractivity contribution in [3.63, 3.8) is 0 Å². The van der Waals surface area contributed by atoms with Crippen molar-refractivity contribution in [2.24, 2.45) is 10.9 Å². The molecule has 1 aliphatic heterocycles. The smallest absolute Gasteiger partial charge is 0.328 e. The Bertz CT molecular complexity index is 153. The fraction of sp³-hybridized carbons (Fsp3) is 0.667. The van der Waals surface area contributed by atoms with Crippen molar-refractivity contribution < 1.29 is 9.90 Å². The molecule has 0 amide bonds. The summed E-state index contributed by atoms with van der Waals surface area (Å²) in [5.41, 5.74) is 0. The van der Waals surface area contributed by atoms with Gasteiger partial charge in [0.2, 0.25) is 0 Å². The molecule has 0 saturated carbocycles. The van der Waals surface area contributed by atoms with E-state index in [0.29, 0.717) is 0 Å². The normalized spacial score (nSPS) is 33.0. The maximum absolute atomic E-state index is 10.3. The van der Waals surface area contributed by atoms with E-state index in [-0.39, 0.29) is 5.92 Å². The summed E-state index contributed by atoms with van der Waals surface area (Å²) in [5, 5.41) is 8.47. The van der Waals surface area contributed by atoms with Crippen LogP contribution >= 0.6 is 0 Å². The number of aliphatic carboxylic acids is 1. The Morgan fingerprint density at radius 2 is 2.56 bits per heavy atom. The minimum atomic E-state index is -0.809. The van der Waals surface area contributed by atoms with Crippen LogP contribution in [0.1, 0.15) is 13.3 Å². The highest BCUT2D eigenvalue weighted by Crippen LogP contribution is 2.16. The lowest BCUT2D eigenvalue weighted by atomic mass is 10.0. The summed E-state index contributed by atoms with van der Waals surface area (Å²) in [6.45, 7) is 1.89. The molecular weight excluding hydrogens is 118 g/mol. The maximum atomic E-state index is 10.3. The Balaban J connectivity index is 2.59. The number of carboxylic acid groups (broad SMARTS) is 1. The molecule has 50 valence electrons. The number of carboxylic acids is 1. The molecule has 0 radical (unpaired) electrons. The van der Waals surface area contributed by atoms with Crippen molar-refractivity contribution in [2.75, 3.05) is 0 Å². The van der Waals surface area contributed by atoms with Crippen molar-refractivity contribution >= 4 is 12.2 Å².